The molecule has 0 bridgehead atoms. The van der Waals surface area contributed by atoms with Crippen LogP contribution in [0.3, 0.4) is 0 Å². The van der Waals surface area contributed by atoms with E-state index in [1.165, 1.54) is 6.07 Å². The van der Waals surface area contributed by atoms with Crippen LogP contribution in [0.5, 0.6) is 0 Å². The van der Waals surface area contributed by atoms with Gasteiger partial charge in [0.1, 0.15) is 5.82 Å². The molecule has 0 amide bonds. The Labute approximate surface area is 131 Å². The Morgan fingerprint density at radius 1 is 1.10 bits per heavy atom. The second kappa shape index (κ2) is 7.58. The van der Waals surface area contributed by atoms with Crippen LogP contribution in [0.4, 0.5) is 4.39 Å². The summed E-state index contributed by atoms with van der Waals surface area (Å²) in [6, 6.07) is 13.1. The highest BCUT2D eigenvalue weighted by atomic mass is 35.5. The molecule has 2 rings (SSSR count). The Balaban J connectivity index is 2.14. The van der Waals surface area contributed by atoms with Crippen LogP contribution in [0.15, 0.2) is 42.5 Å². The Kier molecular flexibility index (Phi) is 5.77. The molecule has 21 heavy (non-hydrogen) atoms. The topological polar surface area (TPSA) is 12.0 Å². The van der Waals surface area contributed by atoms with Gasteiger partial charge >= 0.3 is 0 Å². The van der Waals surface area contributed by atoms with Crippen molar-refractivity contribution in [2.75, 3.05) is 13.6 Å². The minimum atomic E-state index is -0.131. The van der Waals surface area contributed by atoms with Crippen molar-refractivity contribution in [3.05, 3.63) is 70.0 Å². The third-order valence-corrected chi connectivity index (χ3v) is 4.03. The number of hydrogen-bond acceptors (Lipinski definition) is 1. The van der Waals surface area contributed by atoms with Gasteiger partial charge in [0.05, 0.1) is 0 Å². The Hall–Kier alpha value is -1.38. The van der Waals surface area contributed by atoms with E-state index < -0.39 is 0 Å². The zero-order valence-electron chi connectivity index (χ0n) is 12.5. The number of benzene rings is 2. The van der Waals surface area contributed by atoms with Gasteiger partial charge < -0.3 is 5.32 Å². The minimum Gasteiger partial charge on any atom is -0.319 e. The summed E-state index contributed by atoms with van der Waals surface area (Å²) in [5.74, 6) is 0.181. The molecule has 0 fully saturated rings. The van der Waals surface area contributed by atoms with Crippen molar-refractivity contribution in [2.24, 2.45) is 5.92 Å². The molecule has 0 aliphatic rings. The lowest BCUT2D eigenvalue weighted by molar-refractivity contribution is 0.480. The largest absolute Gasteiger partial charge is 0.319 e. The SMILES string of the molecule is CNCC(Cc1ccccc1F)Cc1ccc(C)cc1Cl. The molecular formula is C18H21ClFN. The van der Waals surface area contributed by atoms with Crippen LogP contribution < -0.4 is 5.32 Å². The van der Waals surface area contributed by atoms with Gasteiger partial charge in [-0.2, -0.15) is 0 Å². The highest BCUT2D eigenvalue weighted by Gasteiger charge is 2.14. The first-order chi connectivity index (χ1) is 10.1. The number of halogens is 2. The van der Waals surface area contributed by atoms with Gasteiger partial charge in [-0.15, -0.1) is 0 Å². The summed E-state index contributed by atoms with van der Waals surface area (Å²) in [4.78, 5) is 0. The van der Waals surface area contributed by atoms with E-state index in [1.807, 2.05) is 32.2 Å². The molecule has 0 saturated heterocycles. The molecule has 0 aliphatic carbocycles. The second-order valence-corrected chi connectivity index (χ2v) is 5.93. The van der Waals surface area contributed by atoms with Crippen LogP contribution in [0, 0.1) is 18.7 Å². The second-order valence-electron chi connectivity index (χ2n) is 5.52. The quantitative estimate of drug-likeness (QED) is 0.833. The van der Waals surface area contributed by atoms with Crippen molar-refractivity contribution in [3.63, 3.8) is 0 Å². The molecule has 112 valence electrons. The maximum atomic E-state index is 13.8. The van der Waals surface area contributed by atoms with Gasteiger partial charge in [0.15, 0.2) is 0 Å². The molecule has 1 N–H and O–H groups in total. The number of hydrogen-bond donors (Lipinski definition) is 1. The maximum Gasteiger partial charge on any atom is 0.126 e. The summed E-state index contributed by atoms with van der Waals surface area (Å²) in [6.45, 7) is 2.86. The molecular weight excluding hydrogens is 285 g/mol. The van der Waals surface area contributed by atoms with Gasteiger partial charge in [0.2, 0.25) is 0 Å². The molecule has 2 aromatic rings. The van der Waals surface area contributed by atoms with Crippen LogP contribution in [-0.2, 0) is 12.8 Å². The average molecular weight is 306 g/mol. The predicted molar refractivity (Wildman–Crippen MR) is 87.4 cm³/mol. The average Bonchev–Trinajstić information content (AvgIpc) is 2.44. The number of rotatable bonds is 6. The molecule has 0 radical (unpaired) electrons. The fourth-order valence-electron chi connectivity index (χ4n) is 2.61. The van der Waals surface area contributed by atoms with Gasteiger partial charge in [-0.05, 0) is 68.1 Å². The van der Waals surface area contributed by atoms with E-state index in [2.05, 4.69) is 17.4 Å². The molecule has 1 nitrogen and oxygen atoms in total. The first kappa shape index (κ1) is 16.0. The van der Waals surface area contributed by atoms with Gasteiger partial charge in [-0.25, -0.2) is 4.39 Å². The monoisotopic (exact) mass is 305 g/mol. The normalized spacial score (nSPS) is 12.4. The van der Waals surface area contributed by atoms with E-state index in [4.69, 9.17) is 11.6 Å². The Morgan fingerprint density at radius 2 is 1.81 bits per heavy atom. The zero-order chi connectivity index (χ0) is 15.2. The fourth-order valence-corrected chi connectivity index (χ4v) is 2.92. The summed E-state index contributed by atoms with van der Waals surface area (Å²) in [6.07, 6.45) is 1.55. The van der Waals surface area contributed by atoms with E-state index in [-0.39, 0.29) is 5.82 Å². The van der Waals surface area contributed by atoms with Gasteiger partial charge in [-0.3, -0.25) is 0 Å². The van der Waals surface area contributed by atoms with Gasteiger partial charge in [0, 0.05) is 5.02 Å². The first-order valence-electron chi connectivity index (χ1n) is 7.23. The van der Waals surface area contributed by atoms with Crippen molar-refractivity contribution < 1.29 is 4.39 Å². The van der Waals surface area contributed by atoms with Crippen LogP contribution >= 0.6 is 11.6 Å². The van der Waals surface area contributed by atoms with E-state index in [1.54, 1.807) is 6.07 Å². The lowest BCUT2D eigenvalue weighted by Crippen LogP contribution is -2.23. The van der Waals surface area contributed by atoms with E-state index >= 15 is 0 Å². The Morgan fingerprint density at radius 3 is 2.48 bits per heavy atom. The molecule has 0 spiro atoms. The fraction of sp³-hybridized carbons (Fsp3) is 0.333. The molecule has 0 saturated carbocycles. The molecule has 0 aliphatic heterocycles. The summed E-state index contributed by atoms with van der Waals surface area (Å²) in [7, 11) is 1.92. The molecule has 3 heteroatoms. The Bertz CT molecular complexity index is 598. The van der Waals surface area contributed by atoms with Crippen LogP contribution in [0.1, 0.15) is 16.7 Å². The molecule has 0 aromatic heterocycles. The lowest BCUT2D eigenvalue weighted by Gasteiger charge is -2.18. The highest BCUT2D eigenvalue weighted by Crippen LogP contribution is 2.23. The third kappa shape index (κ3) is 4.55. The van der Waals surface area contributed by atoms with Gasteiger partial charge in [-0.1, -0.05) is 41.9 Å². The van der Waals surface area contributed by atoms with Crippen molar-refractivity contribution in [3.8, 4) is 0 Å². The van der Waals surface area contributed by atoms with E-state index in [9.17, 15) is 4.39 Å². The smallest absolute Gasteiger partial charge is 0.126 e. The third-order valence-electron chi connectivity index (χ3n) is 3.68. The first-order valence-corrected chi connectivity index (χ1v) is 7.61. The standard InChI is InChI=1S/C18H21ClFN/c1-13-7-8-15(17(19)9-13)10-14(12-21-2)11-16-5-3-4-6-18(16)20/h3-9,14,21H,10-12H2,1-2H3. The molecule has 2 aromatic carbocycles. The predicted octanol–water partition coefficient (Wildman–Crippen LogP) is 4.41. The minimum absolute atomic E-state index is 0.131. The number of nitrogens with one attached hydrogen (secondary N) is 1. The van der Waals surface area contributed by atoms with Crippen molar-refractivity contribution in [1.29, 1.82) is 0 Å². The van der Waals surface area contributed by atoms with Gasteiger partial charge in [0.25, 0.3) is 0 Å². The van der Waals surface area contributed by atoms with Crippen LogP contribution in [-0.4, -0.2) is 13.6 Å². The molecule has 1 unspecified atom stereocenters. The van der Waals surface area contributed by atoms with E-state index in [0.29, 0.717) is 12.3 Å². The summed E-state index contributed by atoms with van der Waals surface area (Å²) in [5, 5.41) is 3.99. The summed E-state index contributed by atoms with van der Waals surface area (Å²) < 4.78 is 13.8. The maximum absolute atomic E-state index is 13.8. The lowest BCUT2D eigenvalue weighted by atomic mass is 9.92. The van der Waals surface area contributed by atoms with Crippen molar-refractivity contribution >= 4 is 11.6 Å². The summed E-state index contributed by atoms with van der Waals surface area (Å²) in [5.41, 5.74) is 3.04. The van der Waals surface area contributed by atoms with Crippen molar-refractivity contribution in [1.82, 2.24) is 5.32 Å². The highest BCUT2D eigenvalue weighted by molar-refractivity contribution is 6.31. The van der Waals surface area contributed by atoms with E-state index in [0.717, 1.165) is 34.7 Å². The number of aryl methyl sites for hydroxylation is 1. The van der Waals surface area contributed by atoms with Crippen molar-refractivity contribution in [2.45, 2.75) is 19.8 Å². The van der Waals surface area contributed by atoms with Crippen LogP contribution in [0.2, 0.25) is 5.02 Å². The zero-order valence-corrected chi connectivity index (χ0v) is 13.3. The molecule has 0 heterocycles. The molecule has 1 atom stereocenters. The summed E-state index contributed by atoms with van der Waals surface area (Å²) >= 11 is 6.31. The van der Waals surface area contributed by atoms with Crippen LogP contribution in [0.25, 0.3) is 0 Å².